The van der Waals surface area contributed by atoms with E-state index in [0.717, 1.165) is 17.5 Å². The van der Waals surface area contributed by atoms with Crippen molar-refractivity contribution in [3.63, 3.8) is 0 Å². The molecule has 1 heterocycles. The van der Waals surface area contributed by atoms with E-state index in [0.29, 0.717) is 19.5 Å². The van der Waals surface area contributed by atoms with Gasteiger partial charge in [0.1, 0.15) is 6.04 Å². The van der Waals surface area contributed by atoms with Crippen molar-refractivity contribution in [3.05, 3.63) is 35.4 Å². The number of piperazine rings is 1. The van der Waals surface area contributed by atoms with Crippen LogP contribution in [0.5, 0.6) is 0 Å². The van der Waals surface area contributed by atoms with Gasteiger partial charge in [0, 0.05) is 19.5 Å². The second kappa shape index (κ2) is 5.87. The standard InChI is InChI=1S/C15H20N2O2/c1-3-5-13(18)17-9-8-16-15(19)14(17)12-7-4-6-11(2)10-12/h4,6-7,10,14H,3,5,8-9H2,1-2H3,(H,16,19). The van der Waals surface area contributed by atoms with Crippen LogP contribution in [0.15, 0.2) is 24.3 Å². The molecule has 1 aromatic carbocycles. The minimum Gasteiger partial charge on any atom is -0.352 e. The minimum absolute atomic E-state index is 0.0591. The van der Waals surface area contributed by atoms with Crippen molar-refractivity contribution in [1.29, 1.82) is 0 Å². The zero-order chi connectivity index (χ0) is 13.8. The Hall–Kier alpha value is -1.84. The van der Waals surface area contributed by atoms with Crippen molar-refractivity contribution < 1.29 is 9.59 Å². The summed E-state index contributed by atoms with van der Waals surface area (Å²) in [7, 11) is 0. The molecule has 0 bridgehead atoms. The maximum Gasteiger partial charge on any atom is 0.247 e. The summed E-state index contributed by atoms with van der Waals surface area (Å²) in [5.41, 5.74) is 1.99. The van der Waals surface area contributed by atoms with E-state index >= 15 is 0 Å². The third-order valence-corrected chi connectivity index (χ3v) is 3.35. The van der Waals surface area contributed by atoms with E-state index in [1.165, 1.54) is 0 Å². The van der Waals surface area contributed by atoms with Crippen molar-refractivity contribution in [1.82, 2.24) is 10.2 Å². The van der Waals surface area contributed by atoms with Crippen molar-refractivity contribution in [2.24, 2.45) is 0 Å². The minimum atomic E-state index is -0.479. The lowest BCUT2D eigenvalue weighted by Crippen LogP contribution is -2.52. The fourth-order valence-electron chi connectivity index (χ4n) is 2.46. The average Bonchev–Trinajstić information content (AvgIpc) is 2.38. The molecule has 1 N–H and O–H groups in total. The number of rotatable bonds is 3. The molecule has 2 rings (SSSR count). The van der Waals surface area contributed by atoms with Crippen LogP contribution in [-0.4, -0.2) is 29.8 Å². The molecule has 1 saturated heterocycles. The molecule has 0 radical (unpaired) electrons. The number of carbonyl (C=O) groups excluding carboxylic acids is 2. The molecule has 1 fully saturated rings. The number of hydrogen-bond donors (Lipinski definition) is 1. The third-order valence-electron chi connectivity index (χ3n) is 3.35. The maximum absolute atomic E-state index is 12.2. The van der Waals surface area contributed by atoms with Crippen LogP contribution in [0.1, 0.15) is 36.9 Å². The quantitative estimate of drug-likeness (QED) is 0.901. The third kappa shape index (κ3) is 2.95. The molecule has 2 amide bonds. The Morgan fingerprint density at radius 1 is 1.47 bits per heavy atom. The van der Waals surface area contributed by atoms with Gasteiger partial charge in [0.05, 0.1) is 0 Å². The number of amides is 2. The molecule has 0 spiro atoms. The lowest BCUT2D eigenvalue weighted by atomic mass is 10.00. The topological polar surface area (TPSA) is 49.4 Å². The highest BCUT2D eigenvalue weighted by atomic mass is 16.2. The summed E-state index contributed by atoms with van der Waals surface area (Å²) in [4.78, 5) is 26.0. The molecule has 102 valence electrons. The van der Waals surface area contributed by atoms with Gasteiger partial charge in [-0.25, -0.2) is 0 Å². The number of carbonyl (C=O) groups is 2. The van der Waals surface area contributed by atoms with Gasteiger partial charge in [0.25, 0.3) is 0 Å². The second-order valence-electron chi connectivity index (χ2n) is 4.94. The normalized spacial score (nSPS) is 19.2. The molecule has 19 heavy (non-hydrogen) atoms. The summed E-state index contributed by atoms with van der Waals surface area (Å²) in [6.45, 7) is 5.09. The highest BCUT2D eigenvalue weighted by molar-refractivity contribution is 5.89. The summed E-state index contributed by atoms with van der Waals surface area (Å²) < 4.78 is 0. The highest BCUT2D eigenvalue weighted by Gasteiger charge is 2.33. The Morgan fingerprint density at radius 3 is 2.95 bits per heavy atom. The van der Waals surface area contributed by atoms with Gasteiger partial charge in [-0.2, -0.15) is 0 Å². The molecule has 1 unspecified atom stereocenters. The van der Waals surface area contributed by atoms with Gasteiger partial charge < -0.3 is 10.2 Å². The zero-order valence-electron chi connectivity index (χ0n) is 11.5. The molecular weight excluding hydrogens is 240 g/mol. The Labute approximate surface area is 113 Å². The van der Waals surface area contributed by atoms with E-state index in [1.54, 1.807) is 4.90 Å². The van der Waals surface area contributed by atoms with E-state index in [-0.39, 0.29) is 11.8 Å². The van der Waals surface area contributed by atoms with Crippen molar-refractivity contribution >= 4 is 11.8 Å². The van der Waals surface area contributed by atoms with Crippen molar-refractivity contribution in [2.45, 2.75) is 32.7 Å². The lowest BCUT2D eigenvalue weighted by molar-refractivity contribution is -0.143. The second-order valence-corrected chi connectivity index (χ2v) is 4.94. The smallest absolute Gasteiger partial charge is 0.247 e. The number of hydrogen-bond acceptors (Lipinski definition) is 2. The van der Waals surface area contributed by atoms with Gasteiger partial charge in [-0.05, 0) is 18.9 Å². The largest absolute Gasteiger partial charge is 0.352 e. The SMILES string of the molecule is CCCC(=O)N1CCNC(=O)C1c1cccc(C)c1. The van der Waals surface area contributed by atoms with Gasteiger partial charge in [0.2, 0.25) is 11.8 Å². The predicted octanol–water partition coefficient (Wildman–Crippen LogP) is 1.79. The van der Waals surface area contributed by atoms with Crippen LogP contribution in [0.3, 0.4) is 0 Å². The van der Waals surface area contributed by atoms with Gasteiger partial charge in [-0.15, -0.1) is 0 Å². The van der Waals surface area contributed by atoms with Crippen molar-refractivity contribution in [2.75, 3.05) is 13.1 Å². The first kappa shape index (κ1) is 13.6. The van der Waals surface area contributed by atoms with Crippen LogP contribution in [-0.2, 0) is 9.59 Å². The Bertz CT molecular complexity index is 485. The molecule has 1 aliphatic heterocycles. The Kier molecular flexibility index (Phi) is 4.20. The predicted molar refractivity (Wildman–Crippen MR) is 73.6 cm³/mol. The highest BCUT2D eigenvalue weighted by Crippen LogP contribution is 2.24. The van der Waals surface area contributed by atoms with Crippen LogP contribution in [0.2, 0.25) is 0 Å². The summed E-state index contributed by atoms with van der Waals surface area (Å²) in [5.74, 6) is -0.0230. The first-order valence-corrected chi connectivity index (χ1v) is 6.77. The fourth-order valence-corrected chi connectivity index (χ4v) is 2.46. The van der Waals surface area contributed by atoms with Crippen LogP contribution in [0, 0.1) is 6.92 Å². The van der Waals surface area contributed by atoms with Crippen LogP contribution < -0.4 is 5.32 Å². The lowest BCUT2D eigenvalue weighted by Gasteiger charge is -2.35. The van der Waals surface area contributed by atoms with Crippen LogP contribution >= 0.6 is 0 Å². The first-order valence-electron chi connectivity index (χ1n) is 6.77. The van der Waals surface area contributed by atoms with Gasteiger partial charge >= 0.3 is 0 Å². The zero-order valence-corrected chi connectivity index (χ0v) is 11.5. The number of aryl methyl sites for hydroxylation is 1. The fraction of sp³-hybridized carbons (Fsp3) is 0.467. The van der Waals surface area contributed by atoms with Gasteiger partial charge in [0.15, 0.2) is 0 Å². The van der Waals surface area contributed by atoms with E-state index < -0.39 is 6.04 Å². The molecular formula is C15H20N2O2. The van der Waals surface area contributed by atoms with Gasteiger partial charge in [-0.3, -0.25) is 9.59 Å². The molecule has 1 atom stereocenters. The molecule has 0 aromatic heterocycles. The summed E-state index contributed by atoms with van der Waals surface area (Å²) in [6.07, 6.45) is 1.30. The van der Waals surface area contributed by atoms with Gasteiger partial charge in [-0.1, -0.05) is 36.8 Å². The molecule has 1 aliphatic rings. The van der Waals surface area contributed by atoms with E-state index in [1.807, 2.05) is 38.1 Å². The number of nitrogens with zero attached hydrogens (tertiary/aromatic N) is 1. The maximum atomic E-state index is 12.2. The molecule has 4 nitrogen and oxygen atoms in total. The average molecular weight is 260 g/mol. The van der Waals surface area contributed by atoms with E-state index in [2.05, 4.69) is 5.32 Å². The molecule has 0 saturated carbocycles. The Morgan fingerprint density at radius 2 is 2.26 bits per heavy atom. The Balaban J connectivity index is 2.31. The molecule has 0 aliphatic carbocycles. The monoisotopic (exact) mass is 260 g/mol. The van der Waals surface area contributed by atoms with Crippen LogP contribution in [0.4, 0.5) is 0 Å². The van der Waals surface area contributed by atoms with E-state index in [9.17, 15) is 9.59 Å². The van der Waals surface area contributed by atoms with Crippen LogP contribution in [0.25, 0.3) is 0 Å². The summed E-state index contributed by atoms with van der Waals surface area (Å²) in [6, 6.07) is 7.32. The summed E-state index contributed by atoms with van der Waals surface area (Å²) >= 11 is 0. The first-order chi connectivity index (χ1) is 9.13. The molecule has 1 aromatic rings. The van der Waals surface area contributed by atoms with E-state index in [4.69, 9.17) is 0 Å². The number of nitrogens with one attached hydrogen (secondary N) is 1. The number of benzene rings is 1. The van der Waals surface area contributed by atoms with Crippen molar-refractivity contribution in [3.8, 4) is 0 Å². The summed E-state index contributed by atoms with van der Waals surface area (Å²) in [5, 5.41) is 2.84. The molecule has 4 heteroatoms.